The zero-order valence-corrected chi connectivity index (χ0v) is 21.8. The minimum Gasteiger partial charge on any atom is -0.362 e. The van der Waals surface area contributed by atoms with Crippen molar-refractivity contribution in [1.29, 1.82) is 10.5 Å². The molecule has 39 heavy (non-hydrogen) atoms. The van der Waals surface area contributed by atoms with E-state index >= 15 is 0 Å². The van der Waals surface area contributed by atoms with E-state index in [1.165, 1.54) is 22.9 Å². The summed E-state index contributed by atoms with van der Waals surface area (Å²) in [7, 11) is 0. The van der Waals surface area contributed by atoms with Crippen molar-refractivity contribution in [2.45, 2.75) is 19.9 Å². The summed E-state index contributed by atoms with van der Waals surface area (Å²) >= 11 is 0.983. The standard InChI is InChI=1S/C27H24FN7O3S/c1-2-35-26(38)23(39-27(35)21(14-30)25(37)31-10-9-29)15-32-19-4-3-5-20(13-19)33-24(36)16-34-11-8-17-12-18(28)6-7-22(17)34/h3-7,12-13,15,32H,2,8,10-11,16H2,1H3,(H,31,37)(H,33,36). The second-order valence-electron chi connectivity index (χ2n) is 8.51. The number of nitriles is 2. The SMILES string of the molecule is CCn1c(=C(C#N)C(=O)NCC#N)sc(=CNc2cccc(NC(=O)CN3CCc4cc(F)ccc43)c2)c1=O. The summed E-state index contributed by atoms with van der Waals surface area (Å²) in [5.74, 6) is -1.25. The van der Waals surface area contributed by atoms with Crippen LogP contribution in [0, 0.1) is 28.5 Å². The van der Waals surface area contributed by atoms with Gasteiger partial charge in [0.15, 0.2) is 5.57 Å². The van der Waals surface area contributed by atoms with Crippen molar-refractivity contribution >= 4 is 52.0 Å². The van der Waals surface area contributed by atoms with Crippen molar-refractivity contribution in [2.75, 3.05) is 35.2 Å². The monoisotopic (exact) mass is 545 g/mol. The van der Waals surface area contributed by atoms with Crippen LogP contribution in [0.4, 0.5) is 21.5 Å². The van der Waals surface area contributed by atoms with Gasteiger partial charge in [-0.1, -0.05) is 6.07 Å². The topological polar surface area (TPSA) is 143 Å². The highest BCUT2D eigenvalue weighted by Crippen LogP contribution is 2.28. The van der Waals surface area contributed by atoms with Gasteiger partial charge in [0.25, 0.3) is 11.5 Å². The zero-order chi connectivity index (χ0) is 27.9. The predicted octanol–water partition coefficient (Wildman–Crippen LogP) is 1.23. The van der Waals surface area contributed by atoms with Gasteiger partial charge in [0.1, 0.15) is 27.6 Å². The van der Waals surface area contributed by atoms with Gasteiger partial charge >= 0.3 is 0 Å². The van der Waals surface area contributed by atoms with Crippen molar-refractivity contribution in [3.63, 3.8) is 0 Å². The normalized spacial score (nSPS) is 13.2. The van der Waals surface area contributed by atoms with Gasteiger partial charge in [-0.05, 0) is 55.3 Å². The van der Waals surface area contributed by atoms with Crippen molar-refractivity contribution in [1.82, 2.24) is 9.88 Å². The first-order chi connectivity index (χ1) is 18.8. The van der Waals surface area contributed by atoms with Crippen LogP contribution in [0.25, 0.3) is 11.8 Å². The maximum Gasteiger partial charge on any atom is 0.270 e. The molecule has 1 aliphatic rings. The summed E-state index contributed by atoms with van der Waals surface area (Å²) in [6.07, 6.45) is 2.16. The zero-order valence-electron chi connectivity index (χ0n) is 21.0. The molecule has 10 nitrogen and oxygen atoms in total. The van der Waals surface area contributed by atoms with Crippen LogP contribution < -0.4 is 35.6 Å². The molecular weight excluding hydrogens is 521 g/mol. The molecule has 4 rings (SSSR count). The molecule has 12 heteroatoms. The third-order valence-electron chi connectivity index (χ3n) is 5.99. The van der Waals surface area contributed by atoms with Gasteiger partial charge in [0, 0.05) is 36.4 Å². The number of amides is 2. The molecule has 3 aromatic rings. The highest BCUT2D eigenvalue weighted by Gasteiger charge is 2.21. The van der Waals surface area contributed by atoms with E-state index in [1.54, 1.807) is 43.3 Å². The van der Waals surface area contributed by atoms with Gasteiger partial charge in [-0.2, -0.15) is 10.5 Å². The van der Waals surface area contributed by atoms with Crippen molar-refractivity contribution < 1.29 is 14.0 Å². The molecule has 0 saturated heterocycles. The van der Waals surface area contributed by atoms with Gasteiger partial charge < -0.3 is 20.9 Å². The number of rotatable bonds is 8. The van der Waals surface area contributed by atoms with Crippen LogP contribution in [0.5, 0.6) is 0 Å². The van der Waals surface area contributed by atoms with Crippen molar-refractivity contribution in [2.24, 2.45) is 0 Å². The smallest absolute Gasteiger partial charge is 0.270 e. The average molecular weight is 546 g/mol. The number of hydrogen-bond acceptors (Lipinski definition) is 8. The van der Waals surface area contributed by atoms with Crippen LogP contribution in [0.1, 0.15) is 12.5 Å². The molecule has 0 saturated carbocycles. The quantitative estimate of drug-likeness (QED) is 0.362. The summed E-state index contributed by atoms with van der Waals surface area (Å²) in [6, 6.07) is 15.1. The minimum absolute atomic E-state index is 0.122. The Balaban J connectivity index is 1.50. The molecule has 0 aliphatic carbocycles. The number of aromatic nitrogens is 1. The van der Waals surface area contributed by atoms with Gasteiger partial charge in [0.2, 0.25) is 5.91 Å². The minimum atomic E-state index is -0.727. The van der Waals surface area contributed by atoms with Crippen LogP contribution in [0.15, 0.2) is 47.3 Å². The lowest BCUT2D eigenvalue weighted by Gasteiger charge is -2.19. The maximum atomic E-state index is 13.5. The number of hydrogen-bond donors (Lipinski definition) is 3. The molecule has 0 unspecified atom stereocenters. The number of carbonyl (C=O) groups excluding carboxylic acids is 2. The number of thiazole rings is 1. The molecular formula is C27H24FN7O3S. The third kappa shape index (κ3) is 6.14. The first-order valence-corrected chi connectivity index (χ1v) is 12.9. The van der Waals surface area contributed by atoms with E-state index in [4.69, 9.17) is 5.26 Å². The Morgan fingerprint density at radius 2 is 1.97 bits per heavy atom. The van der Waals surface area contributed by atoms with Gasteiger partial charge in [-0.3, -0.25) is 19.0 Å². The van der Waals surface area contributed by atoms with E-state index in [9.17, 15) is 24.0 Å². The molecule has 2 amide bonds. The van der Waals surface area contributed by atoms with Gasteiger partial charge in [-0.25, -0.2) is 4.39 Å². The summed E-state index contributed by atoms with van der Waals surface area (Å²) in [5, 5.41) is 26.4. The van der Waals surface area contributed by atoms with Crippen molar-refractivity contribution in [3.05, 3.63) is 73.4 Å². The Morgan fingerprint density at radius 1 is 1.18 bits per heavy atom. The van der Waals surface area contributed by atoms with Crippen LogP contribution in [0.3, 0.4) is 0 Å². The first-order valence-electron chi connectivity index (χ1n) is 12.0. The summed E-state index contributed by atoms with van der Waals surface area (Å²) in [4.78, 5) is 39.8. The number of benzene rings is 2. The summed E-state index contributed by atoms with van der Waals surface area (Å²) in [5.41, 5.74) is 2.26. The number of fused-ring (bicyclic) bond motifs is 1. The van der Waals surface area contributed by atoms with Gasteiger partial charge in [0.05, 0.1) is 12.6 Å². The molecule has 0 radical (unpaired) electrons. The van der Waals surface area contributed by atoms with Crippen molar-refractivity contribution in [3.8, 4) is 12.1 Å². The highest BCUT2D eigenvalue weighted by atomic mass is 32.1. The molecule has 2 heterocycles. The number of halogens is 1. The largest absolute Gasteiger partial charge is 0.362 e. The van der Waals surface area contributed by atoms with Crippen LogP contribution >= 0.6 is 11.3 Å². The number of nitrogens with zero attached hydrogens (tertiary/aromatic N) is 4. The third-order valence-corrected chi connectivity index (χ3v) is 7.12. The fourth-order valence-corrected chi connectivity index (χ4v) is 5.30. The maximum absolute atomic E-state index is 13.5. The van der Waals surface area contributed by atoms with E-state index in [2.05, 4.69) is 16.0 Å². The molecule has 198 valence electrons. The van der Waals surface area contributed by atoms with Crippen LogP contribution in [-0.2, 0) is 22.6 Å². The summed E-state index contributed by atoms with van der Waals surface area (Å²) < 4.78 is 15.3. The van der Waals surface area contributed by atoms with Gasteiger partial charge in [-0.15, -0.1) is 11.3 Å². The van der Waals surface area contributed by atoms with E-state index in [0.29, 0.717) is 24.3 Å². The lowest BCUT2D eigenvalue weighted by atomic mass is 10.2. The Kier molecular flexibility index (Phi) is 8.39. The number of carbonyl (C=O) groups is 2. The number of anilines is 3. The molecule has 3 N–H and O–H groups in total. The van der Waals surface area contributed by atoms with Crippen LogP contribution in [-0.4, -0.2) is 36.0 Å². The Bertz CT molecular complexity index is 1700. The summed E-state index contributed by atoms with van der Waals surface area (Å²) in [6.45, 7) is 2.46. The highest BCUT2D eigenvalue weighted by molar-refractivity contribution is 7.07. The average Bonchev–Trinajstić information content (AvgIpc) is 3.46. The van der Waals surface area contributed by atoms with E-state index in [0.717, 1.165) is 22.6 Å². The Morgan fingerprint density at radius 3 is 2.72 bits per heavy atom. The first kappa shape index (κ1) is 27.1. The molecule has 0 spiro atoms. The van der Waals surface area contributed by atoms with E-state index in [-0.39, 0.29) is 51.7 Å². The Labute approximate surface area is 226 Å². The fraction of sp³-hybridized carbons (Fsp3) is 0.222. The molecule has 1 aliphatic heterocycles. The van der Waals surface area contributed by atoms with Crippen LogP contribution in [0.2, 0.25) is 0 Å². The predicted molar refractivity (Wildman–Crippen MR) is 147 cm³/mol. The Hall–Kier alpha value is -4.94. The number of nitrogens with one attached hydrogen (secondary N) is 3. The lowest BCUT2D eigenvalue weighted by molar-refractivity contribution is -0.116. The second-order valence-corrected chi connectivity index (χ2v) is 9.54. The second kappa shape index (κ2) is 12.1. The molecule has 1 aromatic heterocycles. The molecule has 2 aromatic carbocycles. The molecule has 0 bridgehead atoms. The lowest BCUT2D eigenvalue weighted by Crippen LogP contribution is -2.34. The van der Waals surface area contributed by atoms with E-state index < -0.39 is 5.91 Å². The van der Waals surface area contributed by atoms with E-state index in [1.807, 2.05) is 11.0 Å². The molecule has 0 fully saturated rings. The fourth-order valence-electron chi connectivity index (χ4n) is 4.21. The molecule has 0 atom stereocenters.